The van der Waals surface area contributed by atoms with Crippen molar-refractivity contribution in [1.29, 1.82) is 0 Å². The number of nitrogens with one attached hydrogen (secondary N) is 1. The van der Waals surface area contributed by atoms with Crippen molar-refractivity contribution in [3.05, 3.63) is 30.3 Å². The number of carboxylic acids is 1. The standard InChI is InChI=1S/C12H17NO4S/c1-9(2)8-11(12(14)15)13-18(16,17)10-6-4-3-5-7-10/h3-7,9,11,13H,8H2,1-2H3,(H,14,15)/p-1/t11-/m0/s1. The van der Waals surface area contributed by atoms with Crippen LogP contribution in [0.5, 0.6) is 0 Å². The van der Waals surface area contributed by atoms with Gasteiger partial charge in [0, 0.05) is 0 Å². The van der Waals surface area contributed by atoms with Crippen molar-refractivity contribution in [3.63, 3.8) is 0 Å². The average Bonchev–Trinajstić information content (AvgIpc) is 2.28. The van der Waals surface area contributed by atoms with Gasteiger partial charge in [-0.05, 0) is 24.5 Å². The monoisotopic (exact) mass is 270 g/mol. The Morgan fingerprint density at radius 3 is 2.28 bits per heavy atom. The molecule has 1 N–H and O–H groups in total. The predicted octanol–water partition coefficient (Wildman–Crippen LogP) is 0.130. The summed E-state index contributed by atoms with van der Waals surface area (Å²) in [6.07, 6.45) is 0.189. The van der Waals surface area contributed by atoms with Crippen molar-refractivity contribution in [2.75, 3.05) is 0 Å². The van der Waals surface area contributed by atoms with Crippen LogP contribution in [0.2, 0.25) is 0 Å². The molecular weight excluding hydrogens is 254 g/mol. The molecule has 0 saturated carbocycles. The Kier molecular flexibility index (Phi) is 4.86. The van der Waals surface area contributed by atoms with E-state index in [2.05, 4.69) is 4.72 Å². The van der Waals surface area contributed by atoms with Crippen molar-refractivity contribution < 1.29 is 18.3 Å². The van der Waals surface area contributed by atoms with Crippen LogP contribution in [0.3, 0.4) is 0 Å². The molecule has 0 aliphatic carbocycles. The number of hydrogen-bond donors (Lipinski definition) is 1. The second-order valence-electron chi connectivity index (χ2n) is 4.44. The highest BCUT2D eigenvalue weighted by Crippen LogP contribution is 2.11. The molecule has 0 amide bonds. The first-order valence-corrected chi connectivity index (χ1v) is 7.09. The van der Waals surface area contributed by atoms with Crippen LogP contribution >= 0.6 is 0 Å². The maximum absolute atomic E-state index is 11.9. The van der Waals surface area contributed by atoms with E-state index < -0.39 is 22.0 Å². The zero-order chi connectivity index (χ0) is 13.8. The Bertz CT molecular complexity index is 496. The summed E-state index contributed by atoms with van der Waals surface area (Å²) in [5.41, 5.74) is 0. The Morgan fingerprint density at radius 2 is 1.83 bits per heavy atom. The average molecular weight is 270 g/mol. The van der Waals surface area contributed by atoms with Gasteiger partial charge >= 0.3 is 0 Å². The molecule has 1 rings (SSSR count). The van der Waals surface area contributed by atoms with Gasteiger partial charge in [-0.3, -0.25) is 0 Å². The summed E-state index contributed by atoms with van der Waals surface area (Å²) < 4.78 is 26.0. The van der Waals surface area contributed by atoms with Gasteiger partial charge in [-0.1, -0.05) is 32.0 Å². The molecule has 0 radical (unpaired) electrons. The molecule has 18 heavy (non-hydrogen) atoms. The van der Waals surface area contributed by atoms with E-state index in [4.69, 9.17) is 0 Å². The van der Waals surface area contributed by atoms with Gasteiger partial charge in [-0.15, -0.1) is 0 Å². The van der Waals surface area contributed by atoms with E-state index >= 15 is 0 Å². The molecule has 0 aliphatic rings. The second kappa shape index (κ2) is 5.97. The van der Waals surface area contributed by atoms with E-state index in [0.717, 1.165) is 0 Å². The van der Waals surface area contributed by atoms with E-state index in [1.54, 1.807) is 18.2 Å². The van der Waals surface area contributed by atoms with Gasteiger partial charge in [0.05, 0.1) is 16.9 Å². The third-order valence-corrected chi connectivity index (χ3v) is 3.83. The number of aliphatic carboxylic acids is 1. The Balaban J connectivity index is 2.90. The highest BCUT2D eigenvalue weighted by atomic mass is 32.2. The van der Waals surface area contributed by atoms with Crippen LogP contribution in [-0.4, -0.2) is 20.4 Å². The largest absolute Gasteiger partial charge is 0.548 e. The van der Waals surface area contributed by atoms with Crippen molar-refractivity contribution in [3.8, 4) is 0 Å². The van der Waals surface area contributed by atoms with Gasteiger partial charge in [-0.2, -0.15) is 0 Å². The van der Waals surface area contributed by atoms with Crippen molar-refractivity contribution in [2.45, 2.75) is 31.2 Å². The van der Waals surface area contributed by atoms with Crippen LogP contribution in [-0.2, 0) is 14.8 Å². The van der Waals surface area contributed by atoms with Gasteiger partial charge in [0.1, 0.15) is 0 Å². The summed E-state index contributed by atoms with van der Waals surface area (Å²) in [6, 6.07) is 6.43. The molecule has 0 fully saturated rings. The zero-order valence-corrected chi connectivity index (χ0v) is 11.1. The molecule has 5 nitrogen and oxygen atoms in total. The number of sulfonamides is 1. The lowest BCUT2D eigenvalue weighted by atomic mass is 10.1. The molecule has 6 heteroatoms. The van der Waals surface area contributed by atoms with E-state index in [-0.39, 0.29) is 17.2 Å². The Labute approximate surface area is 107 Å². The van der Waals surface area contributed by atoms with E-state index in [9.17, 15) is 18.3 Å². The number of rotatable bonds is 6. The summed E-state index contributed by atoms with van der Waals surface area (Å²) in [7, 11) is -3.82. The smallest absolute Gasteiger partial charge is 0.241 e. The first-order valence-electron chi connectivity index (χ1n) is 5.61. The van der Waals surface area contributed by atoms with E-state index in [1.807, 2.05) is 13.8 Å². The van der Waals surface area contributed by atoms with Crippen LogP contribution in [0.4, 0.5) is 0 Å². The summed E-state index contributed by atoms with van der Waals surface area (Å²) in [4.78, 5) is 10.9. The van der Waals surface area contributed by atoms with Crippen LogP contribution in [0.1, 0.15) is 20.3 Å². The van der Waals surface area contributed by atoms with E-state index in [1.165, 1.54) is 12.1 Å². The lowest BCUT2D eigenvalue weighted by Gasteiger charge is -2.21. The fourth-order valence-corrected chi connectivity index (χ4v) is 2.74. The molecule has 0 aliphatic heterocycles. The molecule has 0 heterocycles. The first kappa shape index (κ1) is 14.7. The summed E-state index contributed by atoms with van der Waals surface area (Å²) in [5.74, 6) is -1.37. The molecular formula is C12H16NO4S-. The molecule has 0 bridgehead atoms. The fraction of sp³-hybridized carbons (Fsp3) is 0.417. The summed E-state index contributed by atoms with van der Waals surface area (Å²) in [6.45, 7) is 3.62. The summed E-state index contributed by atoms with van der Waals surface area (Å²) in [5, 5.41) is 10.9. The van der Waals surface area contributed by atoms with Crippen LogP contribution < -0.4 is 9.83 Å². The van der Waals surface area contributed by atoms with Crippen LogP contribution in [0.15, 0.2) is 35.2 Å². The van der Waals surface area contributed by atoms with Crippen LogP contribution in [0, 0.1) is 5.92 Å². The minimum Gasteiger partial charge on any atom is -0.548 e. The number of carbonyl (C=O) groups excluding carboxylic acids is 1. The number of carbonyl (C=O) groups is 1. The maximum atomic E-state index is 11.9. The Hall–Kier alpha value is -1.40. The van der Waals surface area contributed by atoms with Gasteiger partial charge in [0.15, 0.2) is 0 Å². The van der Waals surface area contributed by atoms with Crippen LogP contribution in [0.25, 0.3) is 0 Å². The van der Waals surface area contributed by atoms with Gasteiger partial charge in [0.2, 0.25) is 10.0 Å². The highest BCUT2D eigenvalue weighted by Gasteiger charge is 2.21. The highest BCUT2D eigenvalue weighted by molar-refractivity contribution is 7.89. The molecule has 100 valence electrons. The lowest BCUT2D eigenvalue weighted by molar-refractivity contribution is -0.308. The van der Waals surface area contributed by atoms with Gasteiger partial charge < -0.3 is 9.90 Å². The van der Waals surface area contributed by atoms with Crippen molar-refractivity contribution in [1.82, 2.24) is 4.72 Å². The quantitative estimate of drug-likeness (QED) is 0.796. The lowest BCUT2D eigenvalue weighted by Crippen LogP contribution is -2.48. The molecule has 1 atom stereocenters. The maximum Gasteiger partial charge on any atom is 0.241 e. The Morgan fingerprint density at radius 1 is 1.28 bits per heavy atom. The third kappa shape index (κ3) is 4.12. The van der Waals surface area contributed by atoms with Crippen molar-refractivity contribution in [2.24, 2.45) is 5.92 Å². The summed E-state index contributed by atoms with van der Waals surface area (Å²) >= 11 is 0. The van der Waals surface area contributed by atoms with E-state index in [0.29, 0.717) is 0 Å². The molecule has 0 aromatic heterocycles. The molecule has 1 aromatic rings. The predicted molar refractivity (Wildman–Crippen MR) is 65.0 cm³/mol. The fourth-order valence-electron chi connectivity index (χ4n) is 1.52. The minimum absolute atomic E-state index is 0.0417. The zero-order valence-electron chi connectivity index (χ0n) is 10.3. The molecule has 0 spiro atoms. The number of carboxylic acid groups (broad SMARTS) is 1. The molecule has 0 saturated heterocycles. The second-order valence-corrected chi connectivity index (χ2v) is 6.15. The minimum atomic E-state index is -3.82. The number of hydrogen-bond acceptors (Lipinski definition) is 4. The molecule has 0 unspecified atom stereocenters. The number of benzene rings is 1. The van der Waals surface area contributed by atoms with Crippen molar-refractivity contribution >= 4 is 16.0 Å². The third-order valence-electron chi connectivity index (χ3n) is 2.34. The normalized spacial score (nSPS) is 13.5. The SMILES string of the molecule is CC(C)C[C@H](NS(=O)(=O)c1ccccc1)C(=O)[O-]. The van der Waals surface area contributed by atoms with Gasteiger partial charge in [0.25, 0.3) is 0 Å². The first-order chi connectivity index (χ1) is 8.33. The topological polar surface area (TPSA) is 86.3 Å². The van der Waals surface area contributed by atoms with Gasteiger partial charge in [-0.25, -0.2) is 13.1 Å². The molecule has 1 aromatic carbocycles.